The van der Waals surface area contributed by atoms with Crippen LogP contribution in [0.1, 0.15) is 19.8 Å². The van der Waals surface area contributed by atoms with E-state index in [1.807, 2.05) is 60.7 Å². The number of thiocarbonyl (C=S) groups is 2. The quantitative estimate of drug-likeness (QED) is 0.399. The largest absolute Gasteiger partial charge is 0.362 e. The zero-order valence-corrected chi connectivity index (χ0v) is 16.6. The molecule has 0 aliphatic heterocycles. The van der Waals surface area contributed by atoms with Gasteiger partial charge in [-0.2, -0.15) is 0 Å². The van der Waals surface area contributed by atoms with Gasteiger partial charge in [-0.15, -0.1) is 0 Å². The molecule has 0 unspecified atom stereocenters. The molecule has 2 aromatic rings. The summed E-state index contributed by atoms with van der Waals surface area (Å²) in [5.41, 5.74) is 2.00. The lowest BCUT2D eigenvalue weighted by molar-refractivity contribution is 0.501. The van der Waals surface area contributed by atoms with E-state index in [1.165, 1.54) is 0 Å². The highest BCUT2D eigenvalue weighted by Crippen LogP contribution is 2.07. The average molecular weight is 387 g/mol. The molecule has 0 aliphatic rings. The summed E-state index contributed by atoms with van der Waals surface area (Å²) in [6, 6.07) is 19.9. The van der Waals surface area contributed by atoms with Crippen molar-refractivity contribution in [2.24, 2.45) is 5.92 Å². The number of hydrogen-bond acceptors (Lipinski definition) is 2. The normalized spacial score (nSPS) is 11.3. The van der Waals surface area contributed by atoms with Gasteiger partial charge < -0.3 is 21.3 Å². The van der Waals surface area contributed by atoms with Crippen LogP contribution >= 0.6 is 24.4 Å². The predicted molar refractivity (Wildman–Crippen MR) is 120 cm³/mol. The van der Waals surface area contributed by atoms with E-state index in [2.05, 4.69) is 28.2 Å². The third kappa shape index (κ3) is 8.27. The second kappa shape index (κ2) is 11.4. The molecule has 0 spiro atoms. The average Bonchev–Trinajstić information content (AvgIpc) is 2.65. The molecule has 0 saturated carbocycles. The molecule has 0 saturated heterocycles. The first-order valence-corrected chi connectivity index (χ1v) is 9.65. The molecule has 0 fully saturated rings. The SMILES string of the molecule is C[C@@H](CCCNC(=S)Nc1ccccc1)CNC(=S)Nc1ccccc1. The Morgan fingerprint density at radius 2 is 1.31 bits per heavy atom. The topological polar surface area (TPSA) is 48.1 Å². The fraction of sp³-hybridized carbons (Fsp3) is 0.300. The summed E-state index contributed by atoms with van der Waals surface area (Å²) in [5, 5.41) is 14.2. The van der Waals surface area contributed by atoms with Gasteiger partial charge in [-0.1, -0.05) is 43.3 Å². The summed E-state index contributed by atoms with van der Waals surface area (Å²) >= 11 is 10.6. The number of nitrogens with one attached hydrogen (secondary N) is 4. The fourth-order valence-corrected chi connectivity index (χ4v) is 2.84. The molecule has 26 heavy (non-hydrogen) atoms. The number of hydrogen-bond donors (Lipinski definition) is 4. The fourth-order valence-electron chi connectivity index (χ4n) is 2.41. The minimum Gasteiger partial charge on any atom is -0.362 e. The molecule has 0 radical (unpaired) electrons. The molecule has 4 N–H and O–H groups in total. The van der Waals surface area contributed by atoms with Crippen LogP contribution in [0.25, 0.3) is 0 Å². The molecular weight excluding hydrogens is 360 g/mol. The zero-order chi connectivity index (χ0) is 18.6. The van der Waals surface area contributed by atoms with Gasteiger partial charge in [0.25, 0.3) is 0 Å². The first-order chi connectivity index (χ1) is 12.6. The van der Waals surface area contributed by atoms with Crippen molar-refractivity contribution >= 4 is 46.0 Å². The highest BCUT2D eigenvalue weighted by molar-refractivity contribution is 7.80. The molecule has 0 amide bonds. The van der Waals surface area contributed by atoms with Crippen LogP contribution in [0.4, 0.5) is 11.4 Å². The Balaban J connectivity index is 1.54. The van der Waals surface area contributed by atoms with Gasteiger partial charge >= 0.3 is 0 Å². The number of benzene rings is 2. The van der Waals surface area contributed by atoms with Gasteiger partial charge in [0.05, 0.1) is 0 Å². The van der Waals surface area contributed by atoms with Gasteiger partial charge in [0.1, 0.15) is 0 Å². The first kappa shape index (κ1) is 20.1. The Morgan fingerprint density at radius 3 is 1.85 bits per heavy atom. The van der Waals surface area contributed by atoms with Crippen LogP contribution in [-0.4, -0.2) is 23.3 Å². The Morgan fingerprint density at radius 1 is 0.808 bits per heavy atom. The number of rotatable bonds is 8. The standard InChI is InChI=1S/C20H26N4S2/c1-16(15-22-20(26)24-18-12-6-3-7-13-18)9-8-14-21-19(25)23-17-10-4-2-5-11-17/h2-7,10-13,16H,8-9,14-15H2,1H3,(H2,21,23,25)(H2,22,24,26)/t16-/m0/s1. The lowest BCUT2D eigenvalue weighted by Crippen LogP contribution is -2.33. The minimum atomic E-state index is 0.531. The molecule has 0 aromatic heterocycles. The Hall–Kier alpha value is -2.18. The van der Waals surface area contributed by atoms with E-state index in [0.717, 1.165) is 37.3 Å². The van der Waals surface area contributed by atoms with Crippen LogP contribution in [0, 0.1) is 5.92 Å². The molecule has 2 rings (SSSR count). The number of para-hydroxylation sites is 2. The highest BCUT2D eigenvalue weighted by Gasteiger charge is 2.04. The van der Waals surface area contributed by atoms with E-state index in [-0.39, 0.29) is 0 Å². The van der Waals surface area contributed by atoms with E-state index in [0.29, 0.717) is 16.1 Å². The smallest absolute Gasteiger partial charge is 0.170 e. The molecule has 0 bridgehead atoms. The summed E-state index contributed by atoms with van der Waals surface area (Å²) in [6.07, 6.45) is 2.15. The van der Waals surface area contributed by atoms with Crippen molar-refractivity contribution in [2.75, 3.05) is 23.7 Å². The summed E-state index contributed by atoms with van der Waals surface area (Å²) in [4.78, 5) is 0. The first-order valence-electron chi connectivity index (χ1n) is 8.83. The third-order valence-electron chi connectivity index (χ3n) is 3.83. The van der Waals surface area contributed by atoms with Gasteiger partial charge in [0.15, 0.2) is 10.2 Å². The van der Waals surface area contributed by atoms with Crippen LogP contribution in [-0.2, 0) is 0 Å². The zero-order valence-electron chi connectivity index (χ0n) is 15.0. The summed E-state index contributed by atoms with van der Waals surface area (Å²) in [5.74, 6) is 0.531. The molecule has 138 valence electrons. The van der Waals surface area contributed by atoms with Gasteiger partial charge in [-0.05, 0) is 67.5 Å². The van der Waals surface area contributed by atoms with Crippen molar-refractivity contribution in [3.05, 3.63) is 60.7 Å². The summed E-state index contributed by atoms with van der Waals surface area (Å²) < 4.78 is 0. The third-order valence-corrected chi connectivity index (χ3v) is 4.33. The van der Waals surface area contributed by atoms with Gasteiger partial charge in [0, 0.05) is 24.5 Å². The summed E-state index contributed by atoms with van der Waals surface area (Å²) in [6.45, 7) is 3.93. The lowest BCUT2D eigenvalue weighted by atomic mass is 10.1. The van der Waals surface area contributed by atoms with E-state index >= 15 is 0 Å². The van der Waals surface area contributed by atoms with Gasteiger partial charge in [-0.25, -0.2) is 0 Å². The molecular formula is C20H26N4S2. The van der Waals surface area contributed by atoms with Crippen molar-refractivity contribution < 1.29 is 0 Å². The van der Waals surface area contributed by atoms with E-state index < -0.39 is 0 Å². The van der Waals surface area contributed by atoms with Crippen LogP contribution in [0.15, 0.2) is 60.7 Å². The second-order valence-corrected chi connectivity index (χ2v) is 7.01. The summed E-state index contributed by atoms with van der Waals surface area (Å²) in [7, 11) is 0. The molecule has 4 nitrogen and oxygen atoms in total. The molecule has 0 heterocycles. The van der Waals surface area contributed by atoms with E-state index in [1.54, 1.807) is 0 Å². The maximum Gasteiger partial charge on any atom is 0.170 e. The second-order valence-electron chi connectivity index (χ2n) is 6.20. The van der Waals surface area contributed by atoms with Crippen LogP contribution in [0.5, 0.6) is 0 Å². The van der Waals surface area contributed by atoms with Gasteiger partial charge in [0.2, 0.25) is 0 Å². The van der Waals surface area contributed by atoms with Crippen molar-refractivity contribution in [3.8, 4) is 0 Å². The van der Waals surface area contributed by atoms with Crippen molar-refractivity contribution in [2.45, 2.75) is 19.8 Å². The van der Waals surface area contributed by atoms with Crippen molar-refractivity contribution in [1.29, 1.82) is 0 Å². The molecule has 6 heteroatoms. The minimum absolute atomic E-state index is 0.531. The molecule has 2 aromatic carbocycles. The Labute approximate surface area is 166 Å². The van der Waals surface area contributed by atoms with E-state index in [9.17, 15) is 0 Å². The van der Waals surface area contributed by atoms with Crippen LogP contribution in [0.3, 0.4) is 0 Å². The van der Waals surface area contributed by atoms with Crippen LogP contribution in [0.2, 0.25) is 0 Å². The Kier molecular flexibility index (Phi) is 8.86. The Bertz CT molecular complexity index is 677. The molecule has 0 aliphatic carbocycles. The maximum absolute atomic E-state index is 5.33. The molecule has 1 atom stereocenters. The van der Waals surface area contributed by atoms with E-state index in [4.69, 9.17) is 24.4 Å². The lowest BCUT2D eigenvalue weighted by Gasteiger charge is -2.16. The maximum atomic E-state index is 5.33. The van der Waals surface area contributed by atoms with Crippen LogP contribution < -0.4 is 21.3 Å². The van der Waals surface area contributed by atoms with Gasteiger partial charge in [-0.3, -0.25) is 0 Å². The highest BCUT2D eigenvalue weighted by atomic mass is 32.1. The monoisotopic (exact) mass is 386 g/mol. The number of anilines is 2. The van der Waals surface area contributed by atoms with Crippen molar-refractivity contribution in [1.82, 2.24) is 10.6 Å². The van der Waals surface area contributed by atoms with Crippen molar-refractivity contribution in [3.63, 3.8) is 0 Å². The predicted octanol–water partition coefficient (Wildman–Crippen LogP) is 4.38.